The topological polar surface area (TPSA) is 66.8 Å². The summed E-state index contributed by atoms with van der Waals surface area (Å²) in [5, 5.41) is 21.9. The molecule has 0 radical (unpaired) electrons. The summed E-state index contributed by atoms with van der Waals surface area (Å²) < 4.78 is 5.29. The summed E-state index contributed by atoms with van der Waals surface area (Å²) in [6.45, 7) is 14.1. The van der Waals surface area contributed by atoms with Crippen molar-refractivity contribution in [2.24, 2.45) is 50.7 Å². The van der Waals surface area contributed by atoms with Gasteiger partial charge < -0.3 is 14.9 Å². The number of carbonyl (C=O) groups is 1. The Morgan fingerprint density at radius 1 is 0.829 bits per heavy atom. The molecule has 0 unspecified atom stereocenters. The fourth-order valence-corrected chi connectivity index (χ4v) is 11.1. The summed E-state index contributed by atoms with van der Waals surface area (Å²) in [6.07, 6.45) is 12.3. The number of aliphatic hydroxyl groups excluding tert-OH is 2. The van der Waals surface area contributed by atoms with Gasteiger partial charge in [0, 0.05) is 0 Å². The molecule has 0 bridgehead atoms. The van der Waals surface area contributed by atoms with Gasteiger partial charge in [-0.3, -0.25) is 4.79 Å². The summed E-state index contributed by atoms with van der Waals surface area (Å²) in [4.78, 5) is 13.1. The summed E-state index contributed by atoms with van der Waals surface area (Å²) in [5.41, 5.74) is 1.34. The van der Waals surface area contributed by atoms with Crippen molar-refractivity contribution >= 4 is 5.97 Å². The Morgan fingerprint density at radius 2 is 1.49 bits per heavy atom. The van der Waals surface area contributed by atoms with Gasteiger partial charge in [0.15, 0.2) is 0 Å². The molecule has 198 valence electrons. The van der Waals surface area contributed by atoms with Crippen LogP contribution >= 0.6 is 0 Å². The Balaban J connectivity index is 1.51. The maximum Gasteiger partial charge on any atom is 0.314 e. The summed E-state index contributed by atoms with van der Waals surface area (Å²) in [5.74, 6) is 1.59. The molecule has 35 heavy (non-hydrogen) atoms. The van der Waals surface area contributed by atoms with Crippen LogP contribution in [0.25, 0.3) is 0 Å². The van der Waals surface area contributed by atoms with Crippen molar-refractivity contribution < 1.29 is 19.7 Å². The molecular weight excluding hydrogens is 436 g/mol. The summed E-state index contributed by atoms with van der Waals surface area (Å²) in [7, 11) is 1.47. The molecule has 4 fully saturated rings. The number of allylic oxidation sites excluding steroid dienone is 2. The lowest BCUT2D eigenvalue weighted by molar-refractivity contribution is -0.202. The summed E-state index contributed by atoms with van der Waals surface area (Å²) >= 11 is 0. The van der Waals surface area contributed by atoms with Crippen LogP contribution in [0.5, 0.6) is 0 Å². The first-order valence-electron chi connectivity index (χ1n) is 14.4. The molecule has 0 aliphatic heterocycles. The van der Waals surface area contributed by atoms with Crippen molar-refractivity contribution in [2.75, 3.05) is 7.11 Å². The van der Waals surface area contributed by atoms with E-state index in [9.17, 15) is 15.0 Å². The van der Waals surface area contributed by atoms with Crippen molar-refractivity contribution in [3.63, 3.8) is 0 Å². The highest BCUT2D eigenvalue weighted by Gasteiger charge is 2.66. The Morgan fingerprint density at radius 3 is 2.17 bits per heavy atom. The number of rotatable bonds is 1. The van der Waals surface area contributed by atoms with Crippen LogP contribution in [-0.4, -0.2) is 35.5 Å². The number of carbonyl (C=O) groups excluding carboxylic acids is 1. The molecule has 4 saturated carbocycles. The zero-order valence-corrected chi connectivity index (χ0v) is 23.3. The van der Waals surface area contributed by atoms with E-state index in [0.717, 1.165) is 38.5 Å². The van der Waals surface area contributed by atoms with E-state index < -0.39 is 11.5 Å². The molecule has 4 heteroatoms. The fraction of sp³-hybridized carbons (Fsp3) is 0.903. The second-order valence-electron chi connectivity index (χ2n) is 14.9. The number of hydrogen-bond acceptors (Lipinski definition) is 4. The molecule has 2 N–H and O–H groups in total. The Bertz CT molecular complexity index is 908. The average Bonchev–Trinajstić information content (AvgIpc) is 2.96. The highest BCUT2D eigenvalue weighted by atomic mass is 16.5. The van der Waals surface area contributed by atoms with E-state index in [4.69, 9.17) is 4.74 Å². The maximum atomic E-state index is 13.1. The smallest absolute Gasteiger partial charge is 0.314 e. The lowest BCUT2D eigenvalue weighted by Crippen LogP contribution is -2.61. The largest absolute Gasteiger partial charge is 0.469 e. The second kappa shape index (κ2) is 8.06. The van der Waals surface area contributed by atoms with Gasteiger partial charge in [0.25, 0.3) is 0 Å². The molecule has 0 amide bonds. The van der Waals surface area contributed by atoms with E-state index in [2.05, 4.69) is 40.7 Å². The van der Waals surface area contributed by atoms with Crippen molar-refractivity contribution in [3.8, 4) is 0 Å². The molecule has 0 aromatic rings. The number of methoxy groups -OCH3 is 1. The van der Waals surface area contributed by atoms with Crippen LogP contribution in [-0.2, 0) is 9.53 Å². The van der Waals surface area contributed by atoms with Crippen molar-refractivity contribution in [3.05, 3.63) is 11.6 Å². The quantitative estimate of drug-likeness (QED) is 0.337. The van der Waals surface area contributed by atoms with Gasteiger partial charge in [-0.1, -0.05) is 46.3 Å². The normalized spacial score (nSPS) is 53.1. The molecule has 5 aliphatic rings. The molecular formula is C31H50O4. The zero-order chi connectivity index (χ0) is 25.6. The van der Waals surface area contributed by atoms with E-state index in [-0.39, 0.29) is 39.7 Å². The van der Waals surface area contributed by atoms with Crippen LogP contribution in [0, 0.1) is 50.7 Å². The molecule has 4 nitrogen and oxygen atoms in total. The van der Waals surface area contributed by atoms with Crippen LogP contribution < -0.4 is 0 Å². The first-order valence-corrected chi connectivity index (χ1v) is 14.4. The van der Waals surface area contributed by atoms with E-state index in [1.54, 1.807) is 5.57 Å². The molecule has 0 aromatic carbocycles. The number of esters is 1. The molecule has 0 spiro atoms. The van der Waals surface area contributed by atoms with E-state index >= 15 is 0 Å². The Kier molecular flexibility index (Phi) is 5.94. The summed E-state index contributed by atoms with van der Waals surface area (Å²) in [6, 6.07) is 0. The van der Waals surface area contributed by atoms with Crippen LogP contribution in [0.4, 0.5) is 0 Å². The van der Waals surface area contributed by atoms with Gasteiger partial charge in [-0.2, -0.15) is 0 Å². The fourth-order valence-electron chi connectivity index (χ4n) is 11.1. The van der Waals surface area contributed by atoms with Crippen LogP contribution in [0.2, 0.25) is 0 Å². The molecule has 0 saturated heterocycles. The zero-order valence-electron chi connectivity index (χ0n) is 23.3. The first kappa shape index (κ1) is 25.8. The van der Waals surface area contributed by atoms with Gasteiger partial charge in [0.05, 0.1) is 24.7 Å². The lowest BCUT2D eigenvalue weighted by atomic mass is 9.41. The minimum absolute atomic E-state index is 0.0333. The van der Waals surface area contributed by atoms with E-state index in [1.807, 2.05) is 6.92 Å². The number of ether oxygens (including phenoxy) is 1. The van der Waals surface area contributed by atoms with E-state index in [1.165, 1.54) is 26.4 Å². The molecule has 5 rings (SSSR count). The second-order valence-corrected chi connectivity index (χ2v) is 14.9. The van der Waals surface area contributed by atoms with Gasteiger partial charge >= 0.3 is 5.97 Å². The third-order valence-electron chi connectivity index (χ3n) is 13.2. The lowest BCUT2D eigenvalue weighted by Gasteiger charge is -2.63. The number of hydrogen-bond donors (Lipinski definition) is 2. The van der Waals surface area contributed by atoms with Gasteiger partial charge in [-0.25, -0.2) is 0 Å². The van der Waals surface area contributed by atoms with Gasteiger partial charge in [-0.05, 0) is 116 Å². The average molecular weight is 487 g/mol. The monoisotopic (exact) mass is 486 g/mol. The van der Waals surface area contributed by atoms with Gasteiger partial charge in [0.2, 0.25) is 0 Å². The predicted molar refractivity (Wildman–Crippen MR) is 138 cm³/mol. The van der Waals surface area contributed by atoms with Gasteiger partial charge in [0.1, 0.15) is 0 Å². The maximum absolute atomic E-state index is 13.1. The van der Waals surface area contributed by atoms with Crippen LogP contribution in [0.3, 0.4) is 0 Å². The van der Waals surface area contributed by atoms with Crippen molar-refractivity contribution in [2.45, 2.75) is 118 Å². The molecule has 5 aliphatic carbocycles. The highest BCUT2D eigenvalue weighted by Crippen LogP contribution is 2.70. The highest BCUT2D eigenvalue weighted by molar-refractivity contribution is 5.78. The van der Waals surface area contributed by atoms with Gasteiger partial charge in [-0.15, -0.1) is 0 Å². The third kappa shape index (κ3) is 3.33. The van der Waals surface area contributed by atoms with E-state index in [0.29, 0.717) is 24.2 Å². The number of fused-ring (bicyclic) bond motifs is 6. The standard InChI is InChI=1S/C31H50O4/c1-27(2)21-10-8-19-18-28(3)15-12-23-30(5,17-14-25(33)31(23,6)26(34)35-7)22(28)11-9-20(19)29(21,4)16-13-24(27)32/h8,20-25,32-33H,9-18H2,1-7H3/t20-,21-,22-,23+,24+,25-,28-,29+,30+,31+/m0/s1. The number of aliphatic hydroxyl groups is 2. The van der Waals surface area contributed by atoms with Crippen LogP contribution in [0.15, 0.2) is 11.6 Å². The Hall–Kier alpha value is -0.870. The molecule has 0 heterocycles. The first-order chi connectivity index (χ1) is 16.2. The van der Waals surface area contributed by atoms with Crippen LogP contribution in [0.1, 0.15) is 106 Å². The minimum Gasteiger partial charge on any atom is -0.469 e. The predicted octanol–water partition coefficient (Wildman–Crippen LogP) is 6.29. The van der Waals surface area contributed by atoms with Crippen molar-refractivity contribution in [1.29, 1.82) is 0 Å². The Labute approximate surface area is 213 Å². The molecule has 10 atom stereocenters. The minimum atomic E-state index is -0.817. The third-order valence-corrected chi connectivity index (χ3v) is 13.2. The van der Waals surface area contributed by atoms with Crippen molar-refractivity contribution in [1.82, 2.24) is 0 Å². The SMILES string of the molecule is COC(=O)[C@]1(C)[C@@H]2CC[C@@]3(C)CC4=CC[C@H]5C(C)(C)[C@H](O)CC[C@]5(C)[C@H]4CC[C@@H]3[C@@]2(C)CC[C@@H]1O. The molecule has 0 aromatic heterocycles.